The Kier molecular flexibility index (Phi) is 6.32. The van der Waals surface area contributed by atoms with Crippen molar-refractivity contribution in [2.45, 2.75) is 42.5 Å². The van der Waals surface area contributed by atoms with Crippen molar-refractivity contribution in [3.8, 4) is 0 Å². The van der Waals surface area contributed by atoms with Crippen molar-refractivity contribution in [1.82, 2.24) is 23.4 Å². The highest BCUT2D eigenvalue weighted by Crippen LogP contribution is 2.49. The molecule has 1 aliphatic carbocycles. The lowest BCUT2D eigenvalue weighted by Gasteiger charge is -2.43. The third kappa shape index (κ3) is 4.43. The predicted molar refractivity (Wildman–Crippen MR) is 145 cm³/mol. The zero-order valence-electron chi connectivity index (χ0n) is 21.7. The number of benzene rings is 1. The van der Waals surface area contributed by atoms with Crippen LogP contribution in [0.3, 0.4) is 0 Å². The van der Waals surface area contributed by atoms with E-state index >= 15 is 0 Å². The zero-order chi connectivity index (χ0) is 29.5. The number of halogens is 4. The summed E-state index contributed by atoms with van der Waals surface area (Å²) in [5, 5.41) is 6.79. The van der Waals surface area contributed by atoms with Crippen LogP contribution in [0.1, 0.15) is 26.7 Å². The van der Waals surface area contributed by atoms with Crippen LogP contribution in [0.15, 0.2) is 41.7 Å². The normalized spacial score (nSPS) is 17.2. The van der Waals surface area contributed by atoms with Crippen LogP contribution in [0.2, 0.25) is 5.02 Å². The maximum atomic E-state index is 14.5. The summed E-state index contributed by atoms with van der Waals surface area (Å²) < 4.78 is 96.1. The molecule has 2 aliphatic rings. The maximum Gasteiger partial charge on any atom is 0.302 e. The predicted octanol–water partition coefficient (Wildman–Crippen LogP) is 3.38. The second-order valence-electron chi connectivity index (χ2n) is 10.3. The second-order valence-corrected chi connectivity index (χ2v) is 14.8. The number of aromatic nitrogens is 5. The fourth-order valence-corrected chi connectivity index (χ4v) is 7.46. The number of nitrogens with zero attached hydrogens (tertiary/aromatic N) is 7. The highest BCUT2D eigenvalue weighted by Gasteiger charge is 2.53. The van der Waals surface area contributed by atoms with Crippen LogP contribution < -0.4 is 9.80 Å². The van der Waals surface area contributed by atoms with Gasteiger partial charge in [0, 0.05) is 38.0 Å². The second kappa shape index (κ2) is 9.32. The molecule has 4 aromatic rings. The molecule has 4 heterocycles. The molecule has 218 valence electrons. The van der Waals surface area contributed by atoms with E-state index in [0.717, 1.165) is 36.7 Å². The van der Waals surface area contributed by atoms with Gasteiger partial charge in [-0.15, -0.1) is 14.3 Å². The van der Waals surface area contributed by atoms with E-state index in [0.29, 0.717) is 27.6 Å². The molecule has 41 heavy (non-hydrogen) atoms. The Morgan fingerprint density at radius 1 is 0.976 bits per heavy atom. The molecule has 1 saturated heterocycles. The average Bonchev–Trinajstić information content (AvgIpc) is 3.29. The van der Waals surface area contributed by atoms with Gasteiger partial charge < -0.3 is 9.80 Å². The maximum absolute atomic E-state index is 14.5. The molecule has 1 aromatic carbocycles. The van der Waals surface area contributed by atoms with Gasteiger partial charge in [0.2, 0.25) is 5.03 Å². The monoisotopic (exact) mass is 629 g/mol. The Labute approximate surface area is 238 Å². The van der Waals surface area contributed by atoms with Crippen molar-refractivity contribution < 1.29 is 30.0 Å². The lowest BCUT2D eigenvalue weighted by molar-refractivity contribution is 0.489. The zero-order valence-corrected chi connectivity index (χ0v) is 24.1. The fourth-order valence-electron chi connectivity index (χ4n) is 5.07. The van der Waals surface area contributed by atoms with Gasteiger partial charge in [-0.2, -0.15) is 12.5 Å². The summed E-state index contributed by atoms with van der Waals surface area (Å²) in [7, 11) is -8.55. The van der Waals surface area contributed by atoms with E-state index in [9.17, 15) is 30.0 Å². The number of anilines is 2. The molecule has 11 nitrogen and oxygen atoms in total. The molecule has 3 aromatic heterocycles. The van der Waals surface area contributed by atoms with Crippen molar-refractivity contribution in [2.75, 3.05) is 29.4 Å². The Morgan fingerprint density at radius 3 is 2.37 bits per heavy atom. The molecule has 2 fully saturated rings. The summed E-state index contributed by atoms with van der Waals surface area (Å²) in [6.07, 6.45) is 3.27. The third-order valence-electron chi connectivity index (χ3n) is 7.36. The first kappa shape index (κ1) is 27.8. The number of rotatable bonds is 6. The Balaban J connectivity index is 1.44. The number of hydrogen-bond acceptors (Lipinski definition) is 9. The summed E-state index contributed by atoms with van der Waals surface area (Å²) >= 11 is 6.45. The summed E-state index contributed by atoms with van der Waals surface area (Å²) in [6, 6.07) is 3.81. The highest BCUT2D eigenvalue weighted by molar-refractivity contribution is 7.90. The molecule has 6 rings (SSSR count). The van der Waals surface area contributed by atoms with Gasteiger partial charge in [-0.1, -0.05) is 11.6 Å². The van der Waals surface area contributed by atoms with Crippen LogP contribution in [-0.4, -0.2) is 70.6 Å². The van der Waals surface area contributed by atoms with Crippen molar-refractivity contribution in [1.29, 1.82) is 0 Å². The SMILES string of the molecule is CC(C)S(=O)(=O)n1ccc(S(=O)(=O)n2nc(N3CCN(c4ncc(F)cc4F)CC34CC4)c3c(Cl)cc(F)cc32)n1. The third-order valence-corrected chi connectivity index (χ3v) is 11.1. The van der Waals surface area contributed by atoms with E-state index in [2.05, 4.69) is 15.2 Å². The van der Waals surface area contributed by atoms with Gasteiger partial charge in [0.05, 0.1) is 32.9 Å². The fraction of sp³-hybridized carbons (Fsp3) is 0.375. The molecule has 0 bridgehead atoms. The van der Waals surface area contributed by atoms with E-state index < -0.39 is 53.3 Å². The first-order valence-corrected chi connectivity index (χ1v) is 15.8. The summed E-state index contributed by atoms with van der Waals surface area (Å²) in [4.78, 5) is 7.47. The van der Waals surface area contributed by atoms with Crippen LogP contribution in [0.5, 0.6) is 0 Å². The molecule has 1 saturated carbocycles. The lowest BCUT2D eigenvalue weighted by atomic mass is 10.1. The summed E-state index contributed by atoms with van der Waals surface area (Å²) in [5.74, 6) is -2.22. The Morgan fingerprint density at radius 2 is 1.71 bits per heavy atom. The van der Waals surface area contributed by atoms with Crippen molar-refractivity contribution in [3.05, 3.63) is 59.1 Å². The molecule has 0 unspecified atom stereocenters. The molecule has 1 spiro atoms. The Hall–Kier alpha value is -3.37. The minimum Gasteiger partial charge on any atom is -0.350 e. The molecule has 1 aliphatic heterocycles. The van der Waals surface area contributed by atoms with Gasteiger partial charge in [0.1, 0.15) is 11.6 Å². The van der Waals surface area contributed by atoms with Crippen LogP contribution in [0.25, 0.3) is 10.9 Å². The molecule has 0 radical (unpaired) electrons. The first-order chi connectivity index (χ1) is 19.2. The number of piperazine rings is 1. The van der Waals surface area contributed by atoms with Crippen LogP contribution in [-0.2, 0) is 20.0 Å². The van der Waals surface area contributed by atoms with E-state index in [1.165, 1.54) is 13.8 Å². The minimum atomic E-state index is -4.61. The molecule has 0 amide bonds. The van der Waals surface area contributed by atoms with Gasteiger partial charge in [-0.3, -0.25) is 0 Å². The van der Waals surface area contributed by atoms with Crippen LogP contribution >= 0.6 is 11.6 Å². The van der Waals surface area contributed by atoms with Gasteiger partial charge in [0.25, 0.3) is 10.0 Å². The highest BCUT2D eigenvalue weighted by atomic mass is 35.5. The minimum absolute atomic E-state index is 0.00216. The summed E-state index contributed by atoms with van der Waals surface area (Å²) in [6.45, 7) is 3.64. The average molecular weight is 630 g/mol. The number of fused-ring (bicyclic) bond motifs is 1. The van der Waals surface area contributed by atoms with Gasteiger partial charge in [-0.05, 0) is 38.8 Å². The van der Waals surface area contributed by atoms with Crippen LogP contribution in [0, 0.1) is 17.5 Å². The molecule has 17 heteroatoms. The molecule has 0 atom stereocenters. The van der Waals surface area contributed by atoms with Crippen molar-refractivity contribution in [3.63, 3.8) is 0 Å². The number of pyridine rings is 1. The van der Waals surface area contributed by atoms with E-state index in [1.807, 2.05) is 4.90 Å². The van der Waals surface area contributed by atoms with E-state index in [4.69, 9.17) is 11.6 Å². The van der Waals surface area contributed by atoms with Gasteiger partial charge in [-0.25, -0.2) is 26.6 Å². The molecular weight excluding hydrogens is 607 g/mol. The van der Waals surface area contributed by atoms with E-state index in [-0.39, 0.29) is 40.7 Å². The smallest absolute Gasteiger partial charge is 0.302 e. The van der Waals surface area contributed by atoms with Crippen molar-refractivity contribution >= 4 is 54.2 Å². The Bertz CT molecular complexity index is 1920. The lowest BCUT2D eigenvalue weighted by Crippen LogP contribution is -2.56. The summed E-state index contributed by atoms with van der Waals surface area (Å²) in [5.41, 5.74) is -0.739. The largest absolute Gasteiger partial charge is 0.350 e. The molecule has 0 N–H and O–H groups in total. The topological polar surface area (TPSA) is 123 Å². The quantitative estimate of drug-likeness (QED) is 0.316. The first-order valence-electron chi connectivity index (χ1n) is 12.5. The van der Waals surface area contributed by atoms with Gasteiger partial charge >= 0.3 is 10.0 Å². The van der Waals surface area contributed by atoms with Crippen LogP contribution in [0.4, 0.5) is 24.8 Å². The molecular formula is C24H23ClF3N7O4S2. The van der Waals surface area contributed by atoms with E-state index in [1.54, 1.807) is 4.90 Å². The van der Waals surface area contributed by atoms with Gasteiger partial charge in [0.15, 0.2) is 17.5 Å². The standard InChI is InChI=1S/C24H23ClF3N7O4S2/c1-14(2)40(36,37)34-6-3-20(30-34)41(38,39)35-19-11-15(26)9-17(25)21(19)23(31-35)33-8-7-32(13-24(33)4-5-24)22-18(28)10-16(27)12-29-22/h3,6,9-12,14H,4-5,7-8,13H2,1-2H3. The van der Waals surface area contributed by atoms with Crippen molar-refractivity contribution in [2.24, 2.45) is 0 Å². The number of hydrogen-bond donors (Lipinski definition) is 0.